The van der Waals surface area contributed by atoms with Crippen molar-refractivity contribution in [1.29, 1.82) is 0 Å². The smallest absolute Gasteiger partial charge is 0.407 e. The van der Waals surface area contributed by atoms with E-state index >= 15 is 0 Å². The zero-order valence-corrected chi connectivity index (χ0v) is 26.7. The third-order valence-electron chi connectivity index (χ3n) is 7.19. The van der Waals surface area contributed by atoms with Crippen LogP contribution in [-0.4, -0.2) is 96.8 Å². The number of ether oxygens (including phenoxy) is 5. The van der Waals surface area contributed by atoms with Gasteiger partial charge in [0.1, 0.15) is 6.61 Å². The molecule has 0 aliphatic heterocycles. The van der Waals surface area contributed by atoms with Gasteiger partial charge in [0.25, 0.3) is 0 Å². The highest BCUT2D eigenvalue weighted by Gasteiger charge is 2.29. The molecule has 3 rings (SSSR count). The fourth-order valence-electron chi connectivity index (χ4n) is 4.81. The van der Waals surface area contributed by atoms with Crippen LogP contribution in [0.5, 0.6) is 0 Å². The van der Waals surface area contributed by atoms with Gasteiger partial charge >= 0.3 is 6.09 Å². The molecule has 4 atom stereocenters. The van der Waals surface area contributed by atoms with E-state index in [-0.39, 0.29) is 30.3 Å². The zero-order valence-electron chi connectivity index (χ0n) is 26.7. The first-order valence-electron chi connectivity index (χ1n) is 15.4. The van der Waals surface area contributed by atoms with E-state index < -0.39 is 6.09 Å². The Bertz CT molecular complexity index is 984. The Morgan fingerprint density at radius 1 is 0.744 bits per heavy atom. The normalized spacial score (nSPS) is 15.0. The number of rotatable bonds is 19. The Morgan fingerprint density at radius 2 is 1.23 bits per heavy atom. The maximum absolute atomic E-state index is 12.2. The maximum Gasteiger partial charge on any atom is 0.407 e. The average molecular weight is 603 g/mol. The summed E-state index contributed by atoms with van der Waals surface area (Å²) in [5.74, 6) is 0.0648. The number of amides is 1. The van der Waals surface area contributed by atoms with Crippen molar-refractivity contribution >= 4 is 6.09 Å². The fourth-order valence-corrected chi connectivity index (χ4v) is 4.81. The minimum atomic E-state index is -0.425. The molecule has 0 fully saturated rings. The van der Waals surface area contributed by atoms with Crippen LogP contribution in [0.3, 0.4) is 0 Å². The van der Waals surface area contributed by atoms with Crippen LogP contribution in [0.15, 0.2) is 48.5 Å². The van der Waals surface area contributed by atoms with Gasteiger partial charge in [-0.15, -0.1) is 0 Å². The van der Waals surface area contributed by atoms with E-state index in [1.165, 1.54) is 22.3 Å². The van der Waals surface area contributed by atoms with Crippen LogP contribution in [0.2, 0.25) is 0 Å². The molecule has 2 aromatic rings. The highest BCUT2D eigenvalue weighted by atomic mass is 16.6. The molecule has 1 amide bonds. The SMILES string of the molecule is CC(CC(C)OCCN)OCCN.CNCCOC(C)C(C)OCCNC(=O)OCC1c2ccccc2-c2ccccc21. The van der Waals surface area contributed by atoms with Crippen molar-refractivity contribution in [2.45, 2.75) is 64.4 Å². The molecule has 6 N–H and O–H groups in total. The van der Waals surface area contributed by atoms with Gasteiger partial charge in [-0.3, -0.25) is 0 Å². The number of hydrogen-bond acceptors (Lipinski definition) is 9. The lowest BCUT2D eigenvalue weighted by atomic mass is 9.98. The van der Waals surface area contributed by atoms with Gasteiger partial charge in [-0.2, -0.15) is 0 Å². The van der Waals surface area contributed by atoms with E-state index in [9.17, 15) is 4.79 Å². The van der Waals surface area contributed by atoms with E-state index in [0.717, 1.165) is 13.0 Å². The largest absolute Gasteiger partial charge is 0.449 e. The second-order valence-corrected chi connectivity index (χ2v) is 10.7. The number of benzene rings is 2. The lowest BCUT2D eigenvalue weighted by molar-refractivity contribution is -0.0537. The first-order chi connectivity index (χ1) is 20.8. The van der Waals surface area contributed by atoms with Crippen molar-refractivity contribution in [3.05, 3.63) is 59.7 Å². The third-order valence-corrected chi connectivity index (χ3v) is 7.19. The summed E-state index contributed by atoms with van der Waals surface area (Å²) < 4.78 is 27.7. The predicted octanol–water partition coefficient (Wildman–Crippen LogP) is 3.66. The summed E-state index contributed by atoms with van der Waals surface area (Å²) in [7, 11) is 1.89. The van der Waals surface area contributed by atoms with Crippen LogP contribution < -0.4 is 22.1 Å². The number of alkyl carbamates (subject to hydrolysis) is 1. The molecule has 0 spiro atoms. The third kappa shape index (κ3) is 13.3. The molecule has 4 unspecified atom stereocenters. The zero-order chi connectivity index (χ0) is 31.5. The van der Waals surface area contributed by atoms with Crippen molar-refractivity contribution in [3.63, 3.8) is 0 Å². The van der Waals surface area contributed by atoms with Crippen molar-refractivity contribution in [1.82, 2.24) is 10.6 Å². The summed E-state index contributed by atoms with van der Waals surface area (Å²) in [4.78, 5) is 12.2. The van der Waals surface area contributed by atoms with Gasteiger partial charge in [0.2, 0.25) is 0 Å². The molecule has 0 aromatic heterocycles. The van der Waals surface area contributed by atoms with E-state index in [4.69, 9.17) is 35.2 Å². The van der Waals surface area contributed by atoms with E-state index in [1.54, 1.807) is 0 Å². The van der Waals surface area contributed by atoms with Gasteiger partial charge in [0, 0.05) is 32.1 Å². The number of carbonyl (C=O) groups excluding carboxylic acids is 1. The van der Waals surface area contributed by atoms with E-state index in [0.29, 0.717) is 52.7 Å². The first kappa shape index (κ1) is 36.6. The summed E-state index contributed by atoms with van der Waals surface area (Å²) in [5, 5.41) is 5.81. The van der Waals surface area contributed by atoms with Crippen molar-refractivity contribution in [2.75, 3.05) is 66.3 Å². The Kier molecular flexibility index (Phi) is 18.0. The summed E-state index contributed by atoms with van der Waals surface area (Å²) in [5.41, 5.74) is 15.5. The van der Waals surface area contributed by atoms with Crippen LogP contribution >= 0.6 is 0 Å². The van der Waals surface area contributed by atoms with Crippen LogP contribution in [0, 0.1) is 0 Å². The highest BCUT2D eigenvalue weighted by Crippen LogP contribution is 2.44. The topological polar surface area (TPSA) is 139 Å². The number of fused-ring (bicyclic) bond motifs is 3. The van der Waals surface area contributed by atoms with Gasteiger partial charge in [0.05, 0.1) is 50.8 Å². The van der Waals surface area contributed by atoms with Gasteiger partial charge in [-0.25, -0.2) is 4.79 Å². The number of hydrogen-bond donors (Lipinski definition) is 4. The standard InChI is InChI=1S/C24H32N2O4.C9H22N2O2/c1-17(28-14-12-25-3)18(2)29-15-13-26-24(27)30-16-23-21-10-6-4-8-19(21)20-9-5-7-11-22(20)23;1-8(12-5-3-10)7-9(2)13-6-4-11/h4-11,17-18,23,25H,12-16H2,1-3H3,(H,26,27);8-9H,3-7,10-11H2,1-2H3. The molecule has 0 radical (unpaired) electrons. The Balaban J connectivity index is 0.000000420. The first-order valence-corrected chi connectivity index (χ1v) is 15.4. The monoisotopic (exact) mass is 602 g/mol. The van der Waals surface area contributed by atoms with Gasteiger partial charge in [-0.05, 0) is 63.4 Å². The van der Waals surface area contributed by atoms with Crippen LogP contribution in [-0.2, 0) is 23.7 Å². The molecule has 0 heterocycles. The van der Waals surface area contributed by atoms with Crippen LogP contribution in [0.4, 0.5) is 4.79 Å². The predicted molar refractivity (Wildman–Crippen MR) is 171 cm³/mol. The Labute approximate surface area is 258 Å². The summed E-state index contributed by atoms with van der Waals surface area (Å²) in [6, 6.07) is 16.6. The Morgan fingerprint density at radius 3 is 1.72 bits per heavy atom. The van der Waals surface area contributed by atoms with Gasteiger partial charge in [0.15, 0.2) is 0 Å². The molecule has 0 bridgehead atoms. The van der Waals surface area contributed by atoms with E-state index in [2.05, 4.69) is 34.9 Å². The molecule has 2 aromatic carbocycles. The number of nitrogens with one attached hydrogen (secondary N) is 2. The van der Waals surface area contributed by atoms with Crippen LogP contribution in [0.25, 0.3) is 11.1 Å². The highest BCUT2D eigenvalue weighted by molar-refractivity contribution is 5.79. The van der Waals surface area contributed by atoms with Crippen molar-refractivity contribution < 1.29 is 28.5 Å². The lowest BCUT2D eigenvalue weighted by Crippen LogP contribution is -2.33. The lowest BCUT2D eigenvalue weighted by Gasteiger charge is -2.21. The molecule has 0 saturated carbocycles. The van der Waals surface area contributed by atoms with Gasteiger partial charge < -0.3 is 45.8 Å². The minimum Gasteiger partial charge on any atom is -0.449 e. The summed E-state index contributed by atoms with van der Waals surface area (Å²) in [6.45, 7) is 12.9. The number of carbonyl (C=O) groups is 1. The summed E-state index contributed by atoms with van der Waals surface area (Å²) in [6.07, 6.45) is 0.818. The fraction of sp³-hybridized carbons (Fsp3) is 0.606. The molecule has 0 saturated heterocycles. The summed E-state index contributed by atoms with van der Waals surface area (Å²) >= 11 is 0. The average Bonchev–Trinajstić information content (AvgIpc) is 3.33. The molecular formula is C33H54N4O6. The molecular weight excluding hydrogens is 548 g/mol. The van der Waals surface area contributed by atoms with Crippen molar-refractivity contribution in [3.8, 4) is 11.1 Å². The quantitative estimate of drug-likeness (QED) is 0.177. The van der Waals surface area contributed by atoms with Crippen molar-refractivity contribution in [2.24, 2.45) is 11.5 Å². The maximum atomic E-state index is 12.2. The molecule has 242 valence electrons. The second-order valence-electron chi connectivity index (χ2n) is 10.7. The van der Waals surface area contributed by atoms with E-state index in [1.807, 2.05) is 59.0 Å². The number of likely N-dealkylation sites (N-methyl/N-ethyl adjacent to an activating group) is 1. The molecule has 43 heavy (non-hydrogen) atoms. The second kappa shape index (κ2) is 21.2. The molecule has 10 heteroatoms. The van der Waals surface area contributed by atoms with Gasteiger partial charge in [-0.1, -0.05) is 48.5 Å². The molecule has 1 aliphatic rings. The molecule has 1 aliphatic carbocycles. The van der Waals surface area contributed by atoms with Crippen LogP contribution in [0.1, 0.15) is 51.2 Å². The minimum absolute atomic E-state index is 0.00666. The molecule has 10 nitrogen and oxygen atoms in total. The number of nitrogens with two attached hydrogens (primary N) is 2. The Hall–Kier alpha value is -2.57.